The van der Waals surface area contributed by atoms with E-state index >= 15 is 0 Å². The summed E-state index contributed by atoms with van der Waals surface area (Å²) in [5.41, 5.74) is 3.39. The van der Waals surface area contributed by atoms with Crippen molar-refractivity contribution in [3.63, 3.8) is 0 Å². The molecule has 1 fully saturated rings. The number of aromatic nitrogens is 1. The van der Waals surface area contributed by atoms with Gasteiger partial charge in [-0.2, -0.15) is 0 Å². The molecule has 4 atom stereocenters. The van der Waals surface area contributed by atoms with Gasteiger partial charge in [0.2, 0.25) is 0 Å². The molecule has 0 bridgehead atoms. The number of rotatable bonds is 8. The third-order valence-electron chi connectivity index (χ3n) is 5.91. The average Bonchev–Trinajstić information content (AvgIpc) is 2.89. The molecule has 0 aliphatic carbocycles. The van der Waals surface area contributed by atoms with Gasteiger partial charge >= 0.3 is 6.03 Å². The largest absolute Gasteiger partial charge is 0.392 e. The average molecular weight is 494 g/mol. The summed E-state index contributed by atoms with van der Waals surface area (Å²) in [6.45, 7) is 4.56. The van der Waals surface area contributed by atoms with Crippen molar-refractivity contribution >= 4 is 23.5 Å². The number of hydrogen-bond acceptors (Lipinski definition) is 6. The standard InChI is InChI=1S/C27H31N3O4S/c1-3-28-27(32)30-22-8-6-7-21(15-22)26-33-23(17-35-24-9-4-5-14-29-24)18(2)25(34-26)20-12-10-19(16-31)11-13-20/h4-15,18,23,25-26,31H,3,16-17H2,1-2H3,(H2,28,30,32)/t18-,23+,25+,26+/m1/s1. The number of thioether (sulfide) groups is 1. The van der Waals surface area contributed by atoms with Crippen LogP contribution in [-0.4, -0.2) is 34.5 Å². The van der Waals surface area contributed by atoms with Crippen LogP contribution < -0.4 is 10.6 Å². The molecule has 7 nitrogen and oxygen atoms in total. The van der Waals surface area contributed by atoms with Gasteiger partial charge in [0.1, 0.15) is 0 Å². The van der Waals surface area contributed by atoms with E-state index in [0.29, 0.717) is 12.2 Å². The number of carbonyl (C=O) groups is 1. The van der Waals surface area contributed by atoms with Crippen molar-refractivity contribution < 1.29 is 19.4 Å². The van der Waals surface area contributed by atoms with Crippen molar-refractivity contribution in [2.75, 3.05) is 17.6 Å². The Morgan fingerprint density at radius 1 is 1.06 bits per heavy atom. The highest BCUT2D eigenvalue weighted by Gasteiger charge is 2.38. The molecule has 2 aromatic carbocycles. The molecule has 0 radical (unpaired) electrons. The lowest BCUT2D eigenvalue weighted by molar-refractivity contribution is -0.268. The summed E-state index contributed by atoms with van der Waals surface area (Å²) in [6.07, 6.45) is 0.899. The molecule has 4 rings (SSSR count). The fraction of sp³-hybridized carbons (Fsp3) is 0.333. The monoisotopic (exact) mass is 493 g/mol. The number of pyridine rings is 1. The van der Waals surface area contributed by atoms with Gasteiger partial charge in [0.25, 0.3) is 0 Å². The first-order chi connectivity index (χ1) is 17.1. The molecule has 2 heterocycles. The van der Waals surface area contributed by atoms with Crippen LogP contribution in [0.2, 0.25) is 0 Å². The summed E-state index contributed by atoms with van der Waals surface area (Å²) >= 11 is 1.66. The molecule has 1 saturated heterocycles. The predicted octanol–water partition coefficient (Wildman–Crippen LogP) is 5.30. The number of aliphatic hydroxyl groups is 1. The molecule has 1 aliphatic rings. The van der Waals surface area contributed by atoms with Crippen LogP contribution in [0.1, 0.15) is 42.9 Å². The number of nitrogens with one attached hydrogen (secondary N) is 2. The van der Waals surface area contributed by atoms with E-state index in [-0.39, 0.29) is 30.8 Å². The summed E-state index contributed by atoms with van der Waals surface area (Å²) in [6, 6.07) is 21.0. The second kappa shape index (κ2) is 12.2. The number of carbonyl (C=O) groups excluding carboxylic acids is 1. The maximum Gasteiger partial charge on any atom is 0.319 e. The summed E-state index contributed by atoms with van der Waals surface area (Å²) < 4.78 is 13.0. The van der Waals surface area contributed by atoms with Crippen LogP contribution in [0.3, 0.4) is 0 Å². The highest BCUT2D eigenvalue weighted by molar-refractivity contribution is 7.99. The van der Waals surface area contributed by atoms with E-state index in [2.05, 4.69) is 22.5 Å². The Hall–Kier alpha value is -2.91. The molecule has 1 aliphatic heterocycles. The number of ether oxygens (including phenoxy) is 2. The van der Waals surface area contributed by atoms with E-state index in [4.69, 9.17) is 9.47 Å². The van der Waals surface area contributed by atoms with Gasteiger partial charge in [-0.1, -0.05) is 49.4 Å². The quantitative estimate of drug-likeness (QED) is 0.369. The maximum atomic E-state index is 12.0. The number of nitrogens with zero attached hydrogens (tertiary/aromatic N) is 1. The first kappa shape index (κ1) is 25.2. The zero-order valence-electron chi connectivity index (χ0n) is 19.9. The van der Waals surface area contributed by atoms with Gasteiger partial charge in [0, 0.05) is 35.7 Å². The minimum Gasteiger partial charge on any atom is -0.392 e. The van der Waals surface area contributed by atoms with E-state index in [1.807, 2.05) is 73.7 Å². The zero-order chi connectivity index (χ0) is 24.6. The van der Waals surface area contributed by atoms with Gasteiger partial charge in [-0.3, -0.25) is 0 Å². The maximum absolute atomic E-state index is 12.0. The van der Waals surface area contributed by atoms with Crippen LogP contribution >= 0.6 is 11.8 Å². The summed E-state index contributed by atoms with van der Waals surface area (Å²) in [5.74, 6) is 0.805. The lowest BCUT2D eigenvalue weighted by atomic mass is 9.91. The molecule has 0 unspecified atom stereocenters. The van der Waals surface area contributed by atoms with Gasteiger partial charge in [0.15, 0.2) is 6.29 Å². The molecule has 0 spiro atoms. The van der Waals surface area contributed by atoms with Crippen LogP contribution in [0.4, 0.5) is 10.5 Å². The predicted molar refractivity (Wildman–Crippen MR) is 137 cm³/mol. The van der Waals surface area contributed by atoms with Crippen molar-refractivity contribution in [2.24, 2.45) is 5.92 Å². The highest BCUT2D eigenvalue weighted by Crippen LogP contribution is 2.43. The Labute approximate surface area is 210 Å². The normalized spacial score (nSPS) is 21.9. The van der Waals surface area contributed by atoms with E-state index in [1.165, 1.54) is 0 Å². The molecule has 3 aromatic rings. The molecule has 3 N–H and O–H groups in total. The van der Waals surface area contributed by atoms with Crippen molar-refractivity contribution in [2.45, 2.75) is 44.0 Å². The number of anilines is 1. The van der Waals surface area contributed by atoms with Crippen molar-refractivity contribution in [1.82, 2.24) is 10.3 Å². The number of hydrogen-bond donors (Lipinski definition) is 3. The second-order valence-corrected chi connectivity index (χ2v) is 9.45. The first-order valence-corrected chi connectivity index (χ1v) is 12.7. The topological polar surface area (TPSA) is 92.7 Å². The van der Waals surface area contributed by atoms with E-state index in [1.54, 1.807) is 18.0 Å². The van der Waals surface area contributed by atoms with Crippen LogP contribution in [0.15, 0.2) is 78.0 Å². The number of aliphatic hydroxyl groups excluding tert-OH is 1. The summed E-state index contributed by atoms with van der Waals surface area (Å²) in [7, 11) is 0. The fourth-order valence-electron chi connectivity index (χ4n) is 4.01. The third-order valence-corrected chi connectivity index (χ3v) is 6.94. The van der Waals surface area contributed by atoms with Crippen LogP contribution in [0.5, 0.6) is 0 Å². The van der Waals surface area contributed by atoms with Gasteiger partial charge in [0.05, 0.1) is 23.8 Å². The molecule has 2 amide bonds. The lowest BCUT2D eigenvalue weighted by Gasteiger charge is -2.41. The fourth-order valence-corrected chi connectivity index (χ4v) is 5.04. The molecule has 35 heavy (non-hydrogen) atoms. The Balaban J connectivity index is 1.57. The van der Waals surface area contributed by atoms with Crippen LogP contribution in [-0.2, 0) is 16.1 Å². The smallest absolute Gasteiger partial charge is 0.319 e. The molecular weight excluding hydrogens is 462 g/mol. The summed E-state index contributed by atoms with van der Waals surface area (Å²) in [5, 5.41) is 16.0. The van der Waals surface area contributed by atoms with Crippen molar-refractivity contribution in [3.05, 3.63) is 89.6 Å². The third kappa shape index (κ3) is 6.61. The minimum absolute atomic E-state index is 0.00182. The van der Waals surface area contributed by atoms with Crippen LogP contribution in [0.25, 0.3) is 0 Å². The highest BCUT2D eigenvalue weighted by atomic mass is 32.2. The first-order valence-electron chi connectivity index (χ1n) is 11.8. The van der Waals surface area contributed by atoms with Crippen LogP contribution in [0, 0.1) is 5.92 Å². The number of amides is 2. The zero-order valence-corrected chi connectivity index (χ0v) is 20.7. The molecule has 1 aromatic heterocycles. The number of benzene rings is 2. The Kier molecular flexibility index (Phi) is 8.76. The lowest BCUT2D eigenvalue weighted by Crippen LogP contribution is -2.38. The Bertz CT molecular complexity index is 1100. The molecule has 0 saturated carbocycles. The minimum atomic E-state index is -0.598. The van der Waals surface area contributed by atoms with E-state index < -0.39 is 6.29 Å². The van der Waals surface area contributed by atoms with Crippen molar-refractivity contribution in [1.29, 1.82) is 0 Å². The molecule has 8 heteroatoms. The number of urea groups is 1. The molecule has 184 valence electrons. The SMILES string of the molecule is CCNC(=O)Nc1cccc([C@H]2O[C@@H](CSc3ccccn3)[C@@H](C)[C@@H](c3ccc(CO)cc3)O2)c1. The van der Waals surface area contributed by atoms with Gasteiger partial charge in [-0.25, -0.2) is 9.78 Å². The van der Waals surface area contributed by atoms with Gasteiger partial charge < -0.3 is 25.2 Å². The molecular formula is C27H31N3O4S. The Morgan fingerprint density at radius 2 is 1.89 bits per heavy atom. The van der Waals surface area contributed by atoms with E-state index in [0.717, 1.165) is 27.5 Å². The van der Waals surface area contributed by atoms with E-state index in [9.17, 15) is 9.90 Å². The Morgan fingerprint density at radius 3 is 2.60 bits per heavy atom. The summed E-state index contributed by atoms with van der Waals surface area (Å²) in [4.78, 5) is 16.4. The van der Waals surface area contributed by atoms with Gasteiger partial charge in [-0.15, -0.1) is 11.8 Å². The van der Waals surface area contributed by atoms with Gasteiger partial charge in [-0.05, 0) is 42.3 Å². The van der Waals surface area contributed by atoms with Crippen molar-refractivity contribution in [3.8, 4) is 0 Å². The second-order valence-electron chi connectivity index (χ2n) is 8.41.